The molecule has 2 amide bonds. The molecule has 0 aliphatic heterocycles. The van der Waals surface area contributed by atoms with E-state index in [-0.39, 0.29) is 25.0 Å². The van der Waals surface area contributed by atoms with Crippen LogP contribution in [0, 0.1) is 6.92 Å². The molecule has 0 aromatic heterocycles. The highest BCUT2D eigenvalue weighted by Gasteiger charge is 2.26. The number of benzene rings is 2. The van der Waals surface area contributed by atoms with Crippen molar-refractivity contribution in [1.29, 1.82) is 0 Å². The Morgan fingerprint density at radius 2 is 1.89 bits per heavy atom. The van der Waals surface area contributed by atoms with E-state index >= 15 is 0 Å². The maximum Gasteiger partial charge on any atom is 0.261 e. The van der Waals surface area contributed by atoms with E-state index in [1.165, 1.54) is 4.90 Å². The normalized spacial score (nSPS) is 11.6. The van der Waals surface area contributed by atoms with E-state index < -0.39 is 6.04 Å². The van der Waals surface area contributed by atoms with Gasteiger partial charge in [-0.1, -0.05) is 41.4 Å². The summed E-state index contributed by atoms with van der Waals surface area (Å²) in [5.41, 5.74) is 1.96. The second kappa shape index (κ2) is 9.97. The Labute approximate surface area is 165 Å². The van der Waals surface area contributed by atoms with Gasteiger partial charge in [-0.25, -0.2) is 0 Å². The van der Waals surface area contributed by atoms with E-state index in [4.69, 9.17) is 16.3 Å². The van der Waals surface area contributed by atoms with Gasteiger partial charge in [-0.15, -0.1) is 0 Å². The molecule has 2 aromatic rings. The Morgan fingerprint density at radius 3 is 2.52 bits per heavy atom. The molecule has 0 aliphatic carbocycles. The van der Waals surface area contributed by atoms with Crippen LogP contribution < -0.4 is 10.1 Å². The fraction of sp³-hybridized carbons (Fsp3) is 0.333. The van der Waals surface area contributed by atoms with Crippen molar-refractivity contribution in [2.45, 2.75) is 33.4 Å². The Morgan fingerprint density at radius 1 is 1.19 bits per heavy atom. The smallest absolute Gasteiger partial charge is 0.261 e. The lowest BCUT2D eigenvalue weighted by Gasteiger charge is -2.28. The number of halogens is 1. The quantitative estimate of drug-likeness (QED) is 0.751. The van der Waals surface area contributed by atoms with Crippen LogP contribution in [0.25, 0.3) is 0 Å². The van der Waals surface area contributed by atoms with Crippen LogP contribution >= 0.6 is 11.6 Å². The molecule has 27 heavy (non-hydrogen) atoms. The first-order valence-corrected chi connectivity index (χ1v) is 9.29. The SMILES string of the molecule is CCNC(=O)C(C)N(Cc1cccc(Cl)c1)C(=O)COc1ccc(C)cc1. The molecule has 0 heterocycles. The molecule has 1 atom stereocenters. The van der Waals surface area contributed by atoms with Gasteiger partial charge in [0.25, 0.3) is 5.91 Å². The summed E-state index contributed by atoms with van der Waals surface area (Å²) in [6.45, 7) is 6.16. The van der Waals surface area contributed by atoms with E-state index in [0.717, 1.165) is 11.1 Å². The Balaban J connectivity index is 2.12. The number of hydrogen-bond donors (Lipinski definition) is 1. The molecule has 1 unspecified atom stereocenters. The number of hydrogen-bond acceptors (Lipinski definition) is 3. The molecule has 0 saturated carbocycles. The van der Waals surface area contributed by atoms with Crippen LogP contribution in [0.2, 0.25) is 5.02 Å². The minimum atomic E-state index is -0.627. The number of nitrogens with zero attached hydrogens (tertiary/aromatic N) is 1. The van der Waals surface area contributed by atoms with E-state index in [2.05, 4.69) is 5.32 Å². The summed E-state index contributed by atoms with van der Waals surface area (Å²) >= 11 is 6.05. The summed E-state index contributed by atoms with van der Waals surface area (Å²) in [6, 6.07) is 14.1. The Kier molecular flexibility index (Phi) is 7.67. The minimum absolute atomic E-state index is 0.145. The third kappa shape index (κ3) is 6.29. The van der Waals surface area contributed by atoms with Crippen molar-refractivity contribution in [3.8, 4) is 5.75 Å². The molecule has 0 radical (unpaired) electrons. The lowest BCUT2D eigenvalue weighted by molar-refractivity contribution is -0.142. The Hall–Kier alpha value is -2.53. The highest BCUT2D eigenvalue weighted by Crippen LogP contribution is 2.16. The van der Waals surface area contributed by atoms with Crippen LogP contribution in [0.5, 0.6) is 5.75 Å². The average molecular weight is 389 g/mol. The zero-order valence-corrected chi connectivity index (χ0v) is 16.6. The topological polar surface area (TPSA) is 58.6 Å². The number of rotatable bonds is 8. The standard InChI is InChI=1S/C21H25ClN2O3/c1-4-23-21(26)16(3)24(13-17-6-5-7-18(22)12-17)20(25)14-27-19-10-8-15(2)9-11-19/h5-12,16H,4,13-14H2,1-3H3,(H,23,26). The van der Waals surface area contributed by atoms with Gasteiger partial charge in [0.2, 0.25) is 5.91 Å². The summed E-state index contributed by atoms with van der Waals surface area (Å²) in [7, 11) is 0. The van der Waals surface area contributed by atoms with Crippen molar-refractivity contribution in [3.05, 3.63) is 64.7 Å². The number of likely N-dealkylation sites (N-methyl/N-ethyl adjacent to an activating group) is 1. The highest BCUT2D eigenvalue weighted by atomic mass is 35.5. The van der Waals surface area contributed by atoms with Crippen molar-refractivity contribution >= 4 is 23.4 Å². The zero-order chi connectivity index (χ0) is 19.8. The number of aryl methyl sites for hydroxylation is 1. The summed E-state index contributed by atoms with van der Waals surface area (Å²) < 4.78 is 5.61. The maximum atomic E-state index is 12.8. The van der Waals surface area contributed by atoms with Crippen LogP contribution in [0.15, 0.2) is 48.5 Å². The fourth-order valence-corrected chi connectivity index (χ4v) is 2.81. The third-order valence-electron chi connectivity index (χ3n) is 4.14. The fourth-order valence-electron chi connectivity index (χ4n) is 2.60. The van der Waals surface area contributed by atoms with E-state index in [9.17, 15) is 9.59 Å². The monoisotopic (exact) mass is 388 g/mol. The zero-order valence-electron chi connectivity index (χ0n) is 15.9. The largest absolute Gasteiger partial charge is 0.484 e. The molecular weight excluding hydrogens is 364 g/mol. The number of ether oxygens (including phenoxy) is 1. The van der Waals surface area contributed by atoms with E-state index in [1.54, 1.807) is 19.1 Å². The van der Waals surface area contributed by atoms with Gasteiger partial charge in [-0.2, -0.15) is 0 Å². The second-order valence-corrected chi connectivity index (χ2v) is 6.76. The van der Waals surface area contributed by atoms with Gasteiger partial charge in [0.05, 0.1) is 0 Å². The van der Waals surface area contributed by atoms with Gasteiger partial charge in [0.15, 0.2) is 6.61 Å². The van der Waals surface area contributed by atoms with Crippen LogP contribution in [-0.2, 0) is 16.1 Å². The van der Waals surface area contributed by atoms with Gasteiger partial charge in [0, 0.05) is 18.1 Å². The van der Waals surface area contributed by atoms with Crippen molar-refractivity contribution in [2.24, 2.45) is 0 Å². The first-order valence-electron chi connectivity index (χ1n) is 8.91. The molecule has 0 saturated heterocycles. The lowest BCUT2D eigenvalue weighted by atomic mass is 10.1. The number of amides is 2. The highest BCUT2D eigenvalue weighted by molar-refractivity contribution is 6.30. The molecule has 0 aliphatic rings. The van der Waals surface area contributed by atoms with Crippen molar-refractivity contribution < 1.29 is 14.3 Å². The van der Waals surface area contributed by atoms with Crippen molar-refractivity contribution in [2.75, 3.05) is 13.2 Å². The summed E-state index contributed by atoms with van der Waals surface area (Å²) in [4.78, 5) is 26.6. The third-order valence-corrected chi connectivity index (χ3v) is 4.38. The van der Waals surface area contributed by atoms with Gasteiger partial charge in [0.1, 0.15) is 11.8 Å². The Bertz CT molecular complexity index is 777. The van der Waals surface area contributed by atoms with Gasteiger partial charge >= 0.3 is 0 Å². The summed E-state index contributed by atoms with van der Waals surface area (Å²) in [5.74, 6) is 0.139. The van der Waals surface area contributed by atoms with Crippen LogP contribution in [0.1, 0.15) is 25.0 Å². The van der Waals surface area contributed by atoms with Crippen LogP contribution in [-0.4, -0.2) is 35.9 Å². The van der Waals surface area contributed by atoms with E-state index in [0.29, 0.717) is 17.3 Å². The first-order chi connectivity index (χ1) is 12.9. The second-order valence-electron chi connectivity index (χ2n) is 6.32. The van der Waals surface area contributed by atoms with E-state index in [1.807, 2.05) is 50.2 Å². The first kappa shape index (κ1) is 20.8. The number of carbonyl (C=O) groups excluding carboxylic acids is 2. The minimum Gasteiger partial charge on any atom is -0.484 e. The summed E-state index contributed by atoms with van der Waals surface area (Å²) in [6.07, 6.45) is 0. The van der Waals surface area contributed by atoms with Crippen LogP contribution in [0.4, 0.5) is 0 Å². The lowest BCUT2D eigenvalue weighted by Crippen LogP contribution is -2.49. The molecule has 0 fully saturated rings. The summed E-state index contributed by atoms with van der Waals surface area (Å²) in [5, 5.41) is 3.34. The molecule has 2 rings (SSSR count). The molecule has 0 bridgehead atoms. The van der Waals surface area contributed by atoms with Gasteiger partial charge < -0.3 is 15.0 Å². The molecule has 1 N–H and O–H groups in total. The molecule has 144 valence electrons. The van der Waals surface area contributed by atoms with Crippen molar-refractivity contribution in [1.82, 2.24) is 10.2 Å². The molecular formula is C21H25ClN2O3. The van der Waals surface area contributed by atoms with Gasteiger partial charge in [-0.05, 0) is 50.6 Å². The predicted octanol–water partition coefficient (Wildman–Crippen LogP) is 3.58. The molecule has 0 spiro atoms. The van der Waals surface area contributed by atoms with Crippen LogP contribution in [0.3, 0.4) is 0 Å². The molecule has 5 nitrogen and oxygen atoms in total. The molecule has 6 heteroatoms. The number of nitrogens with one attached hydrogen (secondary N) is 1. The average Bonchev–Trinajstić information content (AvgIpc) is 2.65. The molecule has 2 aromatic carbocycles. The van der Waals surface area contributed by atoms with Gasteiger partial charge in [-0.3, -0.25) is 9.59 Å². The number of carbonyl (C=O) groups is 2. The van der Waals surface area contributed by atoms with Crippen molar-refractivity contribution in [3.63, 3.8) is 0 Å². The maximum absolute atomic E-state index is 12.8. The predicted molar refractivity (Wildman–Crippen MR) is 107 cm³/mol.